The Morgan fingerprint density at radius 1 is 1.29 bits per heavy atom. The average molecular weight is 360 g/mol. The van der Waals surface area contributed by atoms with Gasteiger partial charge in [0.1, 0.15) is 11.6 Å². The Morgan fingerprint density at radius 2 is 2.00 bits per heavy atom. The molecule has 0 fully saturated rings. The van der Waals surface area contributed by atoms with Gasteiger partial charge in [-0.2, -0.15) is 0 Å². The van der Waals surface area contributed by atoms with Crippen LogP contribution in [0.5, 0.6) is 5.88 Å². The molecule has 0 aliphatic carbocycles. The molecule has 10 heteroatoms. The molecule has 7 nitrogen and oxygen atoms in total. The van der Waals surface area contributed by atoms with Crippen LogP contribution in [0.1, 0.15) is 0 Å². The van der Waals surface area contributed by atoms with Crippen molar-refractivity contribution in [1.29, 1.82) is 0 Å². The van der Waals surface area contributed by atoms with Crippen LogP contribution >= 0.6 is 36.4 Å². The van der Waals surface area contributed by atoms with E-state index in [4.69, 9.17) is 22.1 Å². The number of carbonyl (C=O) groups excluding carboxylic acids is 2. The average Bonchev–Trinajstić information content (AvgIpc) is 2.42. The number of halogens is 3. The van der Waals surface area contributed by atoms with Gasteiger partial charge in [0.15, 0.2) is 0 Å². The quantitative estimate of drug-likeness (QED) is 0.601. The maximum Gasteiger partial charge on any atom is 0.239 e. The molecule has 0 aliphatic heterocycles. The van der Waals surface area contributed by atoms with Gasteiger partial charge in [-0.3, -0.25) is 9.59 Å². The molecule has 1 rings (SSSR count). The van der Waals surface area contributed by atoms with Gasteiger partial charge < -0.3 is 21.1 Å². The second-order valence-electron chi connectivity index (χ2n) is 3.47. The number of nitrogens with one attached hydrogen (secondary N) is 2. The van der Waals surface area contributed by atoms with Gasteiger partial charge in [-0.15, -0.1) is 24.8 Å². The van der Waals surface area contributed by atoms with E-state index in [9.17, 15) is 9.59 Å². The number of nitrogens with zero attached hydrogens (tertiary/aromatic N) is 1. The Morgan fingerprint density at radius 3 is 2.62 bits per heavy atom. The number of rotatable bonds is 7. The summed E-state index contributed by atoms with van der Waals surface area (Å²) in [5.41, 5.74) is 5.08. The van der Waals surface area contributed by atoms with Gasteiger partial charge in [-0.25, -0.2) is 4.98 Å². The van der Waals surface area contributed by atoms with Crippen molar-refractivity contribution in [2.24, 2.45) is 5.73 Å². The molecule has 2 amide bonds. The van der Waals surface area contributed by atoms with Crippen LogP contribution in [-0.2, 0) is 9.59 Å². The Bertz CT molecular complexity index is 448. The van der Waals surface area contributed by atoms with E-state index in [1.54, 1.807) is 18.3 Å². The molecule has 1 aromatic rings. The van der Waals surface area contributed by atoms with Crippen LogP contribution < -0.4 is 21.1 Å². The summed E-state index contributed by atoms with van der Waals surface area (Å²) in [5, 5.41) is 5.32. The summed E-state index contributed by atoms with van der Waals surface area (Å²) in [6.07, 6.45) is 1.56. The fraction of sp³-hybridized carbons (Fsp3) is 0.364. The Labute approximate surface area is 139 Å². The molecular weight excluding hydrogens is 343 g/mol. The van der Waals surface area contributed by atoms with Crippen LogP contribution in [0.3, 0.4) is 0 Å². The lowest BCUT2D eigenvalue weighted by Gasteiger charge is -2.08. The maximum absolute atomic E-state index is 11.3. The van der Waals surface area contributed by atoms with Crippen molar-refractivity contribution in [3.05, 3.63) is 23.4 Å². The number of amides is 2. The van der Waals surface area contributed by atoms with Gasteiger partial charge in [0.2, 0.25) is 17.7 Å². The number of hydrogen-bond acceptors (Lipinski definition) is 5. The van der Waals surface area contributed by atoms with Crippen LogP contribution in [0, 0.1) is 0 Å². The predicted octanol–water partition coefficient (Wildman–Crippen LogP) is 0.149. The van der Waals surface area contributed by atoms with Gasteiger partial charge in [0.25, 0.3) is 0 Å². The van der Waals surface area contributed by atoms with E-state index in [1.165, 1.54) is 0 Å². The van der Waals surface area contributed by atoms with Gasteiger partial charge in [0, 0.05) is 6.20 Å². The number of aromatic nitrogens is 1. The summed E-state index contributed by atoms with van der Waals surface area (Å²) in [7, 11) is 0. The second kappa shape index (κ2) is 12.5. The molecule has 0 aromatic carbocycles. The topological polar surface area (TPSA) is 106 Å². The largest absolute Gasteiger partial charge is 0.475 e. The molecule has 0 unspecified atom stereocenters. The number of carbonyl (C=O) groups is 2. The molecular formula is C11H17Cl3N4O3. The van der Waals surface area contributed by atoms with Crippen molar-refractivity contribution in [2.45, 2.75) is 0 Å². The lowest BCUT2D eigenvalue weighted by Crippen LogP contribution is -2.40. The van der Waals surface area contributed by atoms with Gasteiger partial charge in [0.05, 0.1) is 19.6 Å². The highest BCUT2D eigenvalue weighted by Crippen LogP contribution is 2.19. The molecule has 0 bridgehead atoms. The van der Waals surface area contributed by atoms with Crippen molar-refractivity contribution in [3.63, 3.8) is 0 Å². The standard InChI is InChI=1S/C11H15ClN4O3.2ClH/c12-8-2-1-3-15-11(8)19-5-4-14-10(18)7-16-9(17)6-13;;/h1-3H,4-7,13H2,(H,14,18)(H,16,17);2*1H. The molecule has 0 radical (unpaired) electrons. The Balaban J connectivity index is 0. The van der Waals surface area contributed by atoms with Gasteiger partial charge in [-0.05, 0) is 12.1 Å². The zero-order valence-corrected chi connectivity index (χ0v) is 13.4. The predicted molar refractivity (Wildman–Crippen MR) is 84.3 cm³/mol. The van der Waals surface area contributed by atoms with Crippen molar-refractivity contribution < 1.29 is 14.3 Å². The van der Waals surface area contributed by atoms with E-state index in [2.05, 4.69) is 15.6 Å². The highest BCUT2D eigenvalue weighted by atomic mass is 35.5. The van der Waals surface area contributed by atoms with Crippen molar-refractivity contribution in [2.75, 3.05) is 26.2 Å². The molecule has 0 spiro atoms. The van der Waals surface area contributed by atoms with Crippen LogP contribution in [0.4, 0.5) is 0 Å². The molecule has 0 saturated carbocycles. The first-order valence-electron chi connectivity index (χ1n) is 5.60. The molecule has 1 heterocycles. The van der Waals surface area contributed by atoms with Crippen LogP contribution in [0.15, 0.2) is 18.3 Å². The zero-order chi connectivity index (χ0) is 14.1. The molecule has 120 valence electrons. The lowest BCUT2D eigenvalue weighted by atomic mass is 10.5. The Hall–Kier alpha value is -1.28. The van der Waals surface area contributed by atoms with E-state index in [0.29, 0.717) is 10.9 Å². The van der Waals surface area contributed by atoms with E-state index < -0.39 is 0 Å². The smallest absolute Gasteiger partial charge is 0.239 e. The normalized spacial score (nSPS) is 8.86. The SMILES string of the molecule is Cl.Cl.NCC(=O)NCC(=O)NCCOc1ncccc1Cl. The summed E-state index contributed by atoms with van der Waals surface area (Å²) in [5.74, 6) is -0.390. The van der Waals surface area contributed by atoms with Crippen LogP contribution in [0.25, 0.3) is 0 Å². The first-order valence-corrected chi connectivity index (χ1v) is 5.98. The first kappa shape index (κ1) is 22.0. The number of nitrogens with two attached hydrogens (primary N) is 1. The maximum atomic E-state index is 11.3. The summed E-state index contributed by atoms with van der Waals surface area (Å²) in [6.45, 7) is 0.256. The van der Waals surface area contributed by atoms with Crippen molar-refractivity contribution in [3.8, 4) is 5.88 Å². The third kappa shape index (κ3) is 9.30. The molecule has 0 aliphatic rings. The molecule has 1 aromatic heterocycles. The first-order chi connectivity index (χ1) is 9.13. The zero-order valence-electron chi connectivity index (χ0n) is 11.0. The second-order valence-corrected chi connectivity index (χ2v) is 3.88. The third-order valence-electron chi connectivity index (χ3n) is 2.02. The van der Waals surface area contributed by atoms with E-state index in [-0.39, 0.29) is 62.9 Å². The minimum Gasteiger partial charge on any atom is -0.475 e. The molecule has 0 atom stereocenters. The highest BCUT2D eigenvalue weighted by molar-refractivity contribution is 6.31. The fourth-order valence-corrected chi connectivity index (χ4v) is 1.31. The molecule has 0 saturated heterocycles. The number of pyridine rings is 1. The van der Waals surface area contributed by atoms with Gasteiger partial charge in [-0.1, -0.05) is 11.6 Å². The summed E-state index contributed by atoms with van der Waals surface area (Å²) >= 11 is 5.83. The monoisotopic (exact) mass is 358 g/mol. The van der Waals surface area contributed by atoms with Crippen LogP contribution in [-0.4, -0.2) is 43.0 Å². The highest BCUT2D eigenvalue weighted by Gasteiger charge is 2.04. The van der Waals surface area contributed by atoms with Crippen LogP contribution in [0.2, 0.25) is 5.02 Å². The molecule has 21 heavy (non-hydrogen) atoms. The third-order valence-corrected chi connectivity index (χ3v) is 2.31. The van der Waals surface area contributed by atoms with Crippen molar-refractivity contribution >= 4 is 48.2 Å². The Kier molecular flexibility index (Phi) is 13.1. The summed E-state index contributed by atoms with van der Waals surface area (Å²) in [4.78, 5) is 26.0. The molecule has 4 N–H and O–H groups in total. The van der Waals surface area contributed by atoms with E-state index >= 15 is 0 Å². The fourth-order valence-electron chi connectivity index (χ4n) is 1.13. The lowest BCUT2D eigenvalue weighted by molar-refractivity contribution is -0.125. The minimum absolute atomic E-state index is 0. The van der Waals surface area contributed by atoms with E-state index in [0.717, 1.165) is 0 Å². The number of hydrogen-bond donors (Lipinski definition) is 3. The summed E-state index contributed by atoms with van der Waals surface area (Å²) < 4.78 is 5.27. The van der Waals surface area contributed by atoms with Crippen molar-refractivity contribution in [1.82, 2.24) is 15.6 Å². The van der Waals surface area contributed by atoms with Gasteiger partial charge >= 0.3 is 0 Å². The summed E-state index contributed by atoms with van der Waals surface area (Å²) in [6, 6.07) is 3.35. The number of ether oxygens (including phenoxy) is 1. The van der Waals surface area contributed by atoms with E-state index in [1.807, 2.05) is 0 Å². The minimum atomic E-state index is -0.383.